The number of carbonyl (C=O) groups is 2. The Morgan fingerprint density at radius 3 is 2.74 bits per heavy atom. The molecule has 3 unspecified atom stereocenters. The number of fused-ring (bicyclic) bond motifs is 1. The molecule has 2 N–H and O–H groups in total. The third-order valence-corrected chi connectivity index (χ3v) is 7.68. The molecule has 2 heterocycles. The summed E-state index contributed by atoms with van der Waals surface area (Å²) in [5, 5.41) is 20.6. The second-order valence-corrected chi connectivity index (χ2v) is 9.79. The number of carbonyl (C=O) groups excluding carboxylic acids is 1. The van der Waals surface area contributed by atoms with E-state index in [1.165, 1.54) is 12.8 Å². The second-order valence-electron chi connectivity index (χ2n) is 9.79. The number of hydrogen-bond acceptors (Lipinski definition) is 7. The molecule has 10 heteroatoms. The fourth-order valence-electron chi connectivity index (χ4n) is 5.41. The highest BCUT2D eigenvalue weighted by Crippen LogP contribution is 2.50. The van der Waals surface area contributed by atoms with E-state index in [9.17, 15) is 14.7 Å². The molecule has 34 heavy (non-hydrogen) atoms. The first kappa shape index (κ1) is 22.6. The van der Waals surface area contributed by atoms with Crippen LogP contribution >= 0.6 is 0 Å². The molecule has 10 nitrogen and oxygen atoms in total. The van der Waals surface area contributed by atoms with Crippen LogP contribution in [0.1, 0.15) is 56.3 Å². The van der Waals surface area contributed by atoms with Crippen LogP contribution in [0.2, 0.25) is 0 Å². The van der Waals surface area contributed by atoms with Crippen molar-refractivity contribution >= 4 is 12.1 Å². The maximum Gasteiger partial charge on any atom is 0.407 e. The lowest BCUT2D eigenvalue weighted by atomic mass is 9.56. The zero-order chi connectivity index (χ0) is 23.8. The van der Waals surface area contributed by atoms with Crippen molar-refractivity contribution in [2.75, 3.05) is 0 Å². The molecule has 3 saturated carbocycles. The maximum atomic E-state index is 12.3. The summed E-state index contributed by atoms with van der Waals surface area (Å²) < 4.78 is 13.2. The van der Waals surface area contributed by atoms with E-state index in [1.54, 1.807) is 17.8 Å². The number of aryl methyl sites for hydroxylation is 2. The molecule has 3 aliphatic rings. The van der Waals surface area contributed by atoms with Crippen molar-refractivity contribution < 1.29 is 24.2 Å². The summed E-state index contributed by atoms with van der Waals surface area (Å²) in [7, 11) is 1.75. The Labute approximate surface area is 198 Å². The zero-order valence-corrected chi connectivity index (χ0v) is 19.6. The number of amides is 1. The van der Waals surface area contributed by atoms with Gasteiger partial charge in [0.1, 0.15) is 23.7 Å². The van der Waals surface area contributed by atoms with Crippen molar-refractivity contribution in [2.45, 2.75) is 70.6 Å². The van der Waals surface area contributed by atoms with Crippen molar-refractivity contribution in [3.8, 4) is 17.1 Å². The van der Waals surface area contributed by atoms with Gasteiger partial charge in [0, 0.05) is 13.1 Å². The maximum absolute atomic E-state index is 12.3. The van der Waals surface area contributed by atoms with Gasteiger partial charge in [0.25, 0.3) is 0 Å². The predicted octanol–water partition coefficient (Wildman–Crippen LogP) is 3.23. The van der Waals surface area contributed by atoms with Crippen molar-refractivity contribution in [2.24, 2.45) is 24.8 Å². The largest absolute Gasteiger partial charge is 0.489 e. The van der Waals surface area contributed by atoms with Gasteiger partial charge in [-0.05, 0) is 75.8 Å². The van der Waals surface area contributed by atoms with Crippen LogP contribution in [0.3, 0.4) is 0 Å². The van der Waals surface area contributed by atoms with Crippen LogP contribution in [-0.4, -0.2) is 49.3 Å². The number of alkyl carbamates (subject to hydrolysis) is 1. The summed E-state index contributed by atoms with van der Waals surface area (Å²) in [5.41, 5.74) is 2.50. The van der Waals surface area contributed by atoms with Gasteiger partial charge in [-0.15, -0.1) is 5.10 Å². The van der Waals surface area contributed by atoms with Gasteiger partial charge in [-0.25, -0.2) is 14.5 Å². The molecule has 5 rings (SSSR count). The molecule has 5 atom stereocenters. The lowest BCUT2D eigenvalue weighted by Gasteiger charge is -2.52. The molecule has 2 aromatic rings. The molecule has 0 spiro atoms. The lowest BCUT2D eigenvalue weighted by molar-refractivity contribution is -0.143. The third-order valence-electron chi connectivity index (χ3n) is 7.68. The van der Waals surface area contributed by atoms with E-state index in [4.69, 9.17) is 9.47 Å². The first-order valence-electron chi connectivity index (χ1n) is 12.1. The standard InChI is InChI=1S/C24H31N5O5/c1-13-21(34-16-5-3-4-15(10-16)23(30)31)9-8-18(25-13)22-20(29(2)28-27-22)12-33-24(32)26-19-11-14-6-7-17(14)19/h8-9,14-17,19H,3-7,10-12H2,1-2H3,(H,26,32)(H,30,31)/t14?,15-,16-,17?,19?/m0/s1. The number of carboxylic acids is 1. The molecule has 3 aliphatic carbocycles. The number of carboxylic acid groups (broad SMARTS) is 1. The van der Waals surface area contributed by atoms with Gasteiger partial charge in [-0.3, -0.25) is 4.79 Å². The monoisotopic (exact) mass is 469 g/mol. The average Bonchev–Trinajstić information content (AvgIpc) is 3.17. The summed E-state index contributed by atoms with van der Waals surface area (Å²) in [4.78, 5) is 28.3. The highest BCUT2D eigenvalue weighted by Gasteiger charge is 2.47. The topological polar surface area (TPSA) is 128 Å². The summed E-state index contributed by atoms with van der Waals surface area (Å²) in [6.07, 6.45) is 5.85. The number of ether oxygens (including phenoxy) is 2. The van der Waals surface area contributed by atoms with E-state index in [0.717, 1.165) is 25.2 Å². The molecule has 182 valence electrons. The van der Waals surface area contributed by atoms with Gasteiger partial charge >= 0.3 is 12.1 Å². The molecule has 0 bridgehead atoms. The fourth-order valence-corrected chi connectivity index (χ4v) is 5.41. The summed E-state index contributed by atoms with van der Waals surface area (Å²) >= 11 is 0. The number of aromatic nitrogens is 4. The van der Waals surface area contributed by atoms with Crippen LogP contribution in [0, 0.1) is 24.7 Å². The average molecular weight is 470 g/mol. The van der Waals surface area contributed by atoms with Crippen LogP contribution in [0.25, 0.3) is 11.4 Å². The molecule has 0 saturated heterocycles. The normalized spacial score (nSPS) is 27.6. The number of hydrogen-bond donors (Lipinski definition) is 2. The first-order chi connectivity index (χ1) is 16.4. The Morgan fingerprint density at radius 1 is 1.21 bits per heavy atom. The smallest absolute Gasteiger partial charge is 0.407 e. The Morgan fingerprint density at radius 2 is 2.06 bits per heavy atom. The van der Waals surface area contributed by atoms with E-state index in [1.807, 2.05) is 13.0 Å². The molecule has 0 radical (unpaired) electrons. The van der Waals surface area contributed by atoms with Gasteiger partial charge < -0.3 is 19.9 Å². The molecule has 1 amide bonds. The SMILES string of the molecule is Cc1nc(-c2nnn(C)c2COC(=O)NC2CC3CCC32)ccc1O[C@H]1CCC[C@H](C(=O)O)C1. The quantitative estimate of drug-likeness (QED) is 0.632. The molecular weight excluding hydrogens is 438 g/mol. The Kier molecular flexibility index (Phi) is 6.14. The second kappa shape index (κ2) is 9.23. The van der Waals surface area contributed by atoms with Crippen LogP contribution in [0.15, 0.2) is 12.1 Å². The summed E-state index contributed by atoms with van der Waals surface area (Å²) in [6.45, 7) is 1.89. The van der Waals surface area contributed by atoms with E-state index >= 15 is 0 Å². The minimum atomic E-state index is -0.760. The van der Waals surface area contributed by atoms with Crippen LogP contribution in [0.4, 0.5) is 4.79 Å². The van der Waals surface area contributed by atoms with Gasteiger partial charge in [0.15, 0.2) is 0 Å². The fraction of sp³-hybridized carbons (Fsp3) is 0.625. The Hall–Kier alpha value is -3.17. The number of aliphatic carboxylic acids is 1. The van der Waals surface area contributed by atoms with Gasteiger partial charge in [0.2, 0.25) is 0 Å². The third kappa shape index (κ3) is 4.45. The van der Waals surface area contributed by atoms with E-state index in [0.29, 0.717) is 47.3 Å². The molecule has 0 aliphatic heterocycles. The lowest BCUT2D eigenvalue weighted by Crippen LogP contribution is -2.57. The molecule has 0 aromatic carbocycles. The van der Waals surface area contributed by atoms with Gasteiger partial charge in [-0.1, -0.05) is 5.21 Å². The summed E-state index contributed by atoms with van der Waals surface area (Å²) in [6, 6.07) is 3.88. The number of nitrogens with zero attached hydrogens (tertiary/aromatic N) is 4. The van der Waals surface area contributed by atoms with Crippen LogP contribution in [-0.2, 0) is 23.2 Å². The van der Waals surface area contributed by atoms with Crippen molar-refractivity contribution in [3.05, 3.63) is 23.5 Å². The molecular formula is C24H31N5O5. The molecule has 2 aromatic heterocycles. The van der Waals surface area contributed by atoms with Gasteiger partial charge in [-0.2, -0.15) is 0 Å². The van der Waals surface area contributed by atoms with Crippen LogP contribution in [0.5, 0.6) is 5.75 Å². The number of pyridine rings is 1. The minimum absolute atomic E-state index is 0.0448. The number of rotatable bonds is 7. The van der Waals surface area contributed by atoms with Gasteiger partial charge in [0.05, 0.1) is 23.4 Å². The first-order valence-corrected chi connectivity index (χ1v) is 12.1. The van der Waals surface area contributed by atoms with Crippen molar-refractivity contribution in [3.63, 3.8) is 0 Å². The molecule has 3 fully saturated rings. The Bertz CT molecular complexity index is 1090. The van der Waals surface area contributed by atoms with E-state index in [2.05, 4.69) is 20.6 Å². The number of nitrogens with one attached hydrogen (secondary N) is 1. The summed E-state index contributed by atoms with van der Waals surface area (Å²) in [5.74, 6) is 0.930. The minimum Gasteiger partial charge on any atom is -0.489 e. The van der Waals surface area contributed by atoms with E-state index in [-0.39, 0.29) is 24.7 Å². The zero-order valence-electron chi connectivity index (χ0n) is 19.6. The van der Waals surface area contributed by atoms with E-state index < -0.39 is 12.1 Å². The predicted molar refractivity (Wildman–Crippen MR) is 121 cm³/mol. The highest BCUT2D eigenvalue weighted by atomic mass is 16.5. The Balaban J connectivity index is 1.22. The van der Waals surface area contributed by atoms with Crippen molar-refractivity contribution in [1.82, 2.24) is 25.3 Å². The van der Waals surface area contributed by atoms with Crippen LogP contribution < -0.4 is 10.1 Å². The van der Waals surface area contributed by atoms with Crippen molar-refractivity contribution in [1.29, 1.82) is 0 Å². The highest BCUT2D eigenvalue weighted by molar-refractivity contribution is 5.70.